The van der Waals surface area contributed by atoms with Crippen molar-refractivity contribution in [1.82, 2.24) is 4.90 Å². The van der Waals surface area contributed by atoms with Crippen molar-refractivity contribution >= 4 is 12.4 Å². The largest absolute Gasteiger partial charge is 0.494 e. The quantitative estimate of drug-likeness (QED) is 0.834. The predicted octanol–water partition coefficient (Wildman–Crippen LogP) is 4.17. The van der Waals surface area contributed by atoms with Crippen molar-refractivity contribution in [3.8, 4) is 5.75 Å². The van der Waals surface area contributed by atoms with Gasteiger partial charge in [0.05, 0.1) is 13.2 Å². The fourth-order valence-corrected chi connectivity index (χ4v) is 3.43. The summed E-state index contributed by atoms with van der Waals surface area (Å²) < 4.78 is 19.0. The van der Waals surface area contributed by atoms with Gasteiger partial charge in [0.25, 0.3) is 0 Å². The molecule has 1 fully saturated rings. The molecule has 2 aromatic rings. The summed E-state index contributed by atoms with van der Waals surface area (Å²) in [7, 11) is 1.44. The highest BCUT2D eigenvalue weighted by atomic mass is 35.5. The summed E-state index contributed by atoms with van der Waals surface area (Å²) in [6.45, 7) is 2.90. The molecule has 5 heteroatoms. The maximum Gasteiger partial charge on any atom is 0.165 e. The number of ether oxygens (including phenoxy) is 1. The van der Waals surface area contributed by atoms with Crippen LogP contribution in [-0.2, 0) is 0 Å². The Morgan fingerprint density at radius 2 is 1.76 bits per heavy atom. The standard InChI is InChI=1S/C20H24FNO2.ClH/c1-24-19-10-9-16(13-18(19)21)20(23)17(14-22-11-5-6-12-22)15-7-3-2-4-8-15;/h2-4,7-10,13,17,20,23H,5-6,11-12,14H2,1H3;1H. The van der Waals surface area contributed by atoms with Gasteiger partial charge in [0.1, 0.15) is 0 Å². The third-order valence-corrected chi connectivity index (χ3v) is 4.78. The molecule has 3 nitrogen and oxygen atoms in total. The molecular formula is C20H25ClFNO2. The maximum absolute atomic E-state index is 14.0. The van der Waals surface area contributed by atoms with Crippen molar-refractivity contribution in [2.45, 2.75) is 24.9 Å². The van der Waals surface area contributed by atoms with E-state index in [1.165, 1.54) is 26.0 Å². The molecule has 1 heterocycles. The lowest BCUT2D eigenvalue weighted by atomic mass is 9.88. The van der Waals surface area contributed by atoms with E-state index in [1.807, 2.05) is 30.3 Å². The third-order valence-electron chi connectivity index (χ3n) is 4.78. The van der Waals surface area contributed by atoms with Crippen molar-refractivity contribution in [1.29, 1.82) is 0 Å². The molecule has 0 bridgehead atoms. The number of halogens is 2. The molecule has 0 amide bonds. The number of rotatable bonds is 6. The molecule has 2 unspecified atom stereocenters. The van der Waals surface area contributed by atoms with E-state index >= 15 is 0 Å². The number of benzene rings is 2. The van der Waals surface area contributed by atoms with Crippen LogP contribution in [0.15, 0.2) is 48.5 Å². The predicted molar refractivity (Wildman–Crippen MR) is 100 cm³/mol. The van der Waals surface area contributed by atoms with Crippen molar-refractivity contribution in [2.24, 2.45) is 0 Å². The van der Waals surface area contributed by atoms with Crippen LogP contribution in [0, 0.1) is 5.82 Å². The van der Waals surface area contributed by atoms with E-state index in [1.54, 1.807) is 12.1 Å². The average Bonchev–Trinajstić information content (AvgIpc) is 3.13. The average molecular weight is 366 g/mol. The molecule has 0 saturated carbocycles. The van der Waals surface area contributed by atoms with Gasteiger partial charge in [-0.05, 0) is 49.2 Å². The van der Waals surface area contributed by atoms with Crippen LogP contribution in [0.25, 0.3) is 0 Å². The molecule has 1 saturated heterocycles. The normalized spacial score (nSPS) is 16.9. The van der Waals surface area contributed by atoms with E-state index in [0.717, 1.165) is 25.2 Å². The zero-order valence-corrected chi connectivity index (χ0v) is 15.2. The van der Waals surface area contributed by atoms with Crippen LogP contribution in [0.2, 0.25) is 0 Å². The first-order valence-electron chi connectivity index (χ1n) is 8.48. The molecule has 1 aliphatic rings. The van der Waals surface area contributed by atoms with Gasteiger partial charge >= 0.3 is 0 Å². The second kappa shape index (κ2) is 9.18. The van der Waals surface area contributed by atoms with Gasteiger partial charge in [-0.3, -0.25) is 0 Å². The zero-order valence-electron chi connectivity index (χ0n) is 14.4. The number of nitrogens with zero attached hydrogens (tertiary/aromatic N) is 1. The van der Waals surface area contributed by atoms with E-state index in [0.29, 0.717) is 5.56 Å². The molecule has 25 heavy (non-hydrogen) atoms. The van der Waals surface area contributed by atoms with E-state index in [9.17, 15) is 9.50 Å². The number of likely N-dealkylation sites (tertiary alicyclic amines) is 1. The van der Waals surface area contributed by atoms with E-state index in [2.05, 4.69) is 4.90 Å². The zero-order chi connectivity index (χ0) is 16.9. The third kappa shape index (κ3) is 4.72. The van der Waals surface area contributed by atoms with Crippen LogP contribution in [0.1, 0.15) is 36.0 Å². The van der Waals surface area contributed by atoms with Gasteiger partial charge in [-0.2, -0.15) is 0 Å². The van der Waals surface area contributed by atoms with Gasteiger partial charge in [-0.1, -0.05) is 36.4 Å². The molecule has 1 aliphatic heterocycles. The topological polar surface area (TPSA) is 32.7 Å². The number of aliphatic hydroxyl groups excluding tert-OH is 1. The fraction of sp³-hybridized carbons (Fsp3) is 0.400. The summed E-state index contributed by atoms with van der Waals surface area (Å²) >= 11 is 0. The first kappa shape index (κ1) is 19.7. The molecule has 0 spiro atoms. The molecular weight excluding hydrogens is 341 g/mol. The minimum absolute atomic E-state index is 0. The van der Waals surface area contributed by atoms with Crippen LogP contribution in [0.3, 0.4) is 0 Å². The Bertz CT molecular complexity index is 662. The van der Waals surface area contributed by atoms with Crippen LogP contribution < -0.4 is 4.74 Å². The molecule has 2 atom stereocenters. The molecule has 136 valence electrons. The lowest BCUT2D eigenvalue weighted by Gasteiger charge is -2.28. The van der Waals surface area contributed by atoms with Crippen molar-refractivity contribution in [3.05, 3.63) is 65.5 Å². The van der Waals surface area contributed by atoms with Crippen LogP contribution in [0.4, 0.5) is 4.39 Å². The Balaban J connectivity index is 0.00000225. The minimum Gasteiger partial charge on any atom is -0.494 e. The maximum atomic E-state index is 14.0. The van der Waals surface area contributed by atoms with E-state index < -0.39 is 11.9 Å². The van der Waals surface area contributed by atoms with Gasteiger partial charge in [0, 0.05) is 12.5 Å². The Morgan fingerprint density at radius 1 is 1.08 bits per heavy atom. The summed E-state index contributed by atoms with van der Waals surface area (Å²) in [4.78, 5) is 2.38. The number of methoxy groups -OCH3 is 1. The molecule has 2 aromatic carbocycles. The summed E-state index contributed by atoms with van der Waals surface area (Å²) in [6.07, 6.45) is 1.65. The lowest BCUT2D eigenvalue weighted by molar-refractivity contribution is 0.122. The Kier molecular flexibility index (Phi) is 7.24. The number of hydrogen-bond acceptors (Lipinski definition) is 3. The molecule has 0 aromatic heterocycles. The van der Waals surface area contributed by atoms with Gasteiger partial charge in [0.15, 0.2) is 11.6 Å². The van der Waals surface area contributed by atoms with Crippen molar-refractivity contribution in [3.63, 3.8) is 0 Å². The number of aliphatic hydroxyl groups is 1. The Hall–Kier alpha value is -1.62. The Labute approximate surface area is 154 Å². The van der Waals surface area contributed by atoms with Crippen molar-refractivity contribution < 1.29 is 14.2 Å². The SMILES string of the molecule is COc1ccc(C(O)C(CN2CCCC2)c2ccccc2)cc1F.Cl. The summed E-state index contributed by atoms with van der Waals surface area (Å²) in [5, 5.41) is 10.9. The monoisotopic (exact) mass is 365 g/mol. The van der Waals surface area contributed by atoms with Gasteiger partial charge in [-0.25, -0.2) is 4.39 Å². The number of hydrogen-bond donors (Lipinski definition) is 1. The molecule has 0 radical (unpaired) electrons. The van der Waals surface area contributed by atoms with Gasteiger partial charge in [0.2, 0.25) is 0 Å². The van der Waals surface area contributed by atoms with Gasteiger partial charge in [-0.15, -0.1) is 12.4 Å². The minimum atomic E-state index is -0.756. The van der Waals surface area contributed by atoms with E-state index in [-0.39, 0.29) is 24.1 Å². The highest BCUT2D eigenvalue weighted by Crippen LogP contribution is 2.34. The molecule has 0 aliphatic carbocycles. The smallest absolute Gasteiger partial charge is 0.165 e. The van der Waals surface area contributed by atoms with Crippen molar-refractivity contribution in [2.75, 3.05) is 26.7 Å². The highest BCUT2D eigenvalue weighted by Gasteiger charge is 2.27. The first-order chi connectivity index (χ1) is 11.7. The van der Waals surface area contributed by atoms with Crippen LogP contribution >= 0.6 is 12.4 Å². The summed E-state index contributed by atoms with van der Waals surface area (Å²) in [5.74, 6) is -0.333. The molecule has 3 rings (SSSR count). The first-order valence-corrected chi connectivity index (χ1v) is 8.48. The van der Waals surface area contributed by atoms with E-state index in [4.69, 9.17) is 4.74 Å². The Morgan fingerprint density at radius 3 is 2.36 bits per heavy atom. The summed E-state index contributed by atoms with van der Waals surface area (Å²) in [6, 6.07) is 14.7. The fourth-order valence-electron chi connectivity index (χ4n) is 3.43. The highest BCUT2D eigenvalue weighted by molar-refractivity contribution is 5.85. The van der Waals surface area contributed by atoms with Crippen LogP contribution in [-0.4, -0.2) is 36.8 Å². The second-order valence-electron chi connectivity index (χ2n) is 6.36. The lowest BCUT2D eigenvalue weighted by Crippen LogP contribution is -2.29. The summed E-state index contributed by atoms with van der Waals surface area (Å²) in [5.41, 5.74) is 1.66. The second-order valence-corrected chi connectivity index (χ2v) is 6.36. The van der Waals surface area contributed by atoms with Crippen LogP contribution in [0.5, 0.6) is 5.75 Å². The molecule has 1 N–H and O–H groups in total. The van der Waals surface area contributed by atoms with Gasteiger partial charge < -0.3 is 14.7 Å².